The van der Waals surface area contributed by atoms with Crippen molar-refractivity contribution in [1.82, 2.24) is 0 Å². The molecule has 0 heterocycles. The van der Waals surface area contributed by atoms with E-state index in [9.17, 15) is 9.30 Å². The lowest BCUT2D eigenvalue weighted by atomic mass is 10.1. The zero-order valence-electron chi connectivity index (χ0n) is 6.12. The van der Waals surface area contributed by atoms with Crippen molar-refractivity contribution >= 4 is 0 Å². The Hall–Kier alpha value is -1.76. The minimum atomic E-state index is -0.561. The molecule has 3 nitrogen and oxygen atoms in total. The second-order valence-corrected chi connectivity index (χ2v) is 2.21. The van der Waals surface area contributed by atoms with Gasteiger partial charge in [-0.05, 0) is 12.1 Å². The summed E-state index contributed by atoms with van der Waals surface area (Å²) in [7, 11) is 0. The van der Waals surface area contributed by atoms with Gasteiger partial charge in [0.05, 0.1) is 11.6 Å². The van der Waals surface area contributed by atoms with E-state index in [1.54, 1.807) is 6.07 Å². The smallest absolute Gasteiger partial charge is 0.129 e. The molecule has 0 aliphatic rings. The lowest BCUT2D eigenvalue weighted by Gasteiger charge is -1.96. The normalized spacial score (nSPS) is 9.00. The second kappa shape index (κ2) is 3.58. The van der Waals surface area contributed by atoms with Gasteiger partial charge in [-0.1, -0.05) is 11.2 Å². The Morgan fingerprint density at radius 1 is 1.58 bits per heavy atom. The Kier molecular flexibility index (Phi) is 2.49. The average molecular weight is 164 g/mol. The highest BCUT2D eigenvalue weighted by Gasteiger charge is 2.02. The van der Waals surface area contributed by atoms with Crippen molar-refractivity contribution in [2.45, 2.75) is 6.54 Å². The molecule has 4 heteroatoms. The molecule has 0 saturated heterocycles. The number of nitrogens with zero attached hydrogens (tertiary/aromatic N) is 2. The van der Waals surface area contributed by atoms with Gasteiger partial charge in [0.2, 0.25) is 0 Å². The zero-order chi connectivity index (χ0) is 8.97. The van der Waals surface area contributed by atoms with Crippen LogP contribution in [-0.2, 0) is 6.54 Å². The summed E-state index contributed by atoms with van der Waals surface area (Å²) in [4.78, 5) is 9.80. The number of benzene rings is 1. The molecule has 0 atom stereocenters. The van der Waals surface area contributed by atoms with Gasteiger partial charge in [0.25, 0.3) is 0 Å². The number of hydrogen-bond donors (Lipinski definition) is 0. The van der Waals surface area contributed by atoms with Crippen molar-refractivity contribution in [1.29, 1.82) is 5.26 Å². The van der Waals surface area contributed by atoms with Crippen molar-refractivity contribution in [3.63, 3.8) is 0 Å². The van der Waals surface area contributed by atoms with Crippen LogP contribution in [0.1, 0.15) is 11.1 Å². The highest BCUT2D eigenvalue weighted by Crippen LogP contribution is 2.10. The molecule has 0 spiro atoms. The van der Waals surface area contributed by atoms with E-state index in [0.29, 0.717) is 0 Å². The zero-order valence-corrected chi connectivity index (χ0v) is 6.12. The van der Waals surface area contributed by atoms with E-state index in [1.807, 2.05) is 0 Å². The molecule has 1 aromatic rings. The summed E-state index contributed by atoms with van der Waals surface area (Å²) in [5.41, 5.74) is 0.450. The molecule has 0 amide bonds. The fraction of sp³-hybridized carbons (Fsp3) is 0.125. The minimum Gasteiger partial charge on any atom is -0.207 e. The number of hydrogen-bond acceptors (Lipinski definition) is 3. The number of halogens is 1. The Balaban J connectivity index is 3.04. The van der Waals surface area contributed by atoms with Crippen LogP contribution in [-0.4, -0.2) is 0 Å². The van der Waals surface area contributed by atoms with Crippen LogP contribution < -0.4 is 0 Å². The van der Waals surface area contributed by atoms with Crippen LogP contribution in [0.3, 0.4) is 0 Å². The summed E-state index contributed by atoms with van der Waals surface area (Å²) >= 11 is 0. The second-order valence-electron chi connectivity index (χ2n) is 2.21. The Bertz CT molecular complexity index is 343. The van der Waals surface area contributed by atoms with Gasteiger partial charge >= 0.3 is 0 Å². The maximum Gasteiger partial charge on any atom is 0.129 e. The van der Waals surface area contributed by atoms with Crippen molar-refractivity contribution < 1.29 is 4.39 Å². The third kappa shape index (κ3) is 1.64. The predicted molar refractivity (Wildman–Crippen MR) is 40.6 cm³/mol. The first-order valence-corrected chi connectivity index (χ1v) is 3.25. The van der Waals surface area contributed by atoms with Crippen LogP contribution in [0, 0.1) is 22.1 Å². The molecule has 1 aromatic carbocycles. The van der Waals surface area contributed by atoms with Gasteiger partial charge in [-0.25, -0.2) is 4.39 Å². The number of nitriles is 1. The van der Waals surface area contributed by atoms with Crippen LogP contribution in [0.25, 0.3) is 0 Å². The van der Waals surface area contributed by atoms with Crippen LogP contribution in [0.5, 0.6) is 0 Å². The number of nitroso groups, excluding NO2 is 1. The highest BCUT2D eigenvalue weighted by atomic mass is 19.1. The van der Waals surface area contributed by atoms with E-state index in [2.05, 4.69) is 5.18 Å². The predicted octanol–water partition coefficient (Wildman–Crippen LogP) is 1.96. The van der Waals surface area contributed by atoms with Gasteiger partial charge < -0.3 is 0 Å². The largest absolute Gasteiger partial charge is 0.207 e. The molecule has 0 N–H and O–H groups in total. The van der Waals surface area contributed by atoms with Crippen LogP contribution in [0.4, 0.5) is 4.39 Å². The van der Waals surface area contributed by atoms with E-state index < -0.39 is 5.82 Å². The standard InChI is InChI=1S/C8H5FN2O/c9-8-3-6(4-10)1-2-7(8)5-11-12/h1-3H,5H2. The van der Waals surface area contributed by atoms with Crippen molar-refractivity contribution in [2.24, 2.45) is 5.18 Å². The highest BCUT2D eigenvalue weighted by molar-refractivity contribution is 5.32. The molecule has 1 rings (SSSR count). The SMILES string of the molecule is N#Cc1ccc(CN=O)c(F)c1. The van der Waals surface area contributed by atoms with E-state index in [-0.39, 0.29) is 17.7 Å². The summed E-state index contributed by atoms with van der Waals surface area (Å²) < 4.78 is 12.9. The van der Waals surface area contributed by atoms with Gasteiger partial charge in [0.1, 0.15) is 12.4 Å². The third-order valence-corrected chi connectivity index (χ3v) is 1.42. The topological polar surface area (TPSA) is 53.2 Å². The molecule has 0 unspecified atom stereocenters. The molecule has 12 heavy (non-hydrogen) atoms. The Labute approximate surface area is 68.4 Å². The van der Waals surface area contributed by atoms with E-state index >= 15 is 0 Å². The lowest BCUT2D eigenvalue weighted by molar-refractivity contribution is 0.610. The molecule has 0 saturated carbocycles. The minimum absolute atomic E-state index is 0.197. The molecule has 0 aliphatic carbocycles. The summed E-state index contributed by atoms with van der Waals surface area (Å²) in [5, 5.41) is 10.9. The fourth-order valence-electron chi connectivity index (χ4n) is 0.815. The maximum absolute atomic E-state index is 12.9. The monoisotopic (exact) mass is 164 g/mol. The Morgan fingerprint density at radius 3 is 2.83 bits per heavy atom. The summed E-state index contributed by atoms with van der Waals surface area (Å²) in [5.74, 6) is -0.561. The molecular weight excluding hydrogens is 159 g/mol. The molecule has 0 fully saturated rings. The first-order chi connectivity index (χ1) is 5.77. The van der Waals surface area contributed by atoms with Crippen molar-refractivity contribution in [3.8, 4) is 6.07 Å². The van der Waals surface area contributed by atoms with Crippen LogP contribution >= 0.6 is 0 Å². The summed E-state index contributed by atoms with van der Waals surface area (Å²) in [6.45, 7) is -0.197. The van der Waals surface area contributed by atoms with Gasteiger partial charge in [-0.15, -0.1) is 0 Å². The van der Waals surface area contributed by atoms with Crippen LogP contribution in [0.2, 0.25) is 0 Å². The van der Waals surface area contributed by atoms with Gasteiger partial charge in [0, 0.05) is 5.56 Å². The molecule has 0 aromatic heterocycles. The molecular formula is C8H5FN2O. The van der Waals surface area contributed by atoms with E-state index in [4.69, 9.17) is 5.26 Å². The van der Waals surface area contributed by atoms with Crippen molar-refractivity contribution in [2.75, 3.05) is 0 Å². The Morgan fingerprint density at radius 2 is 2.33 bits per heavy atom. The first-order valence-electron chi connectivity index (χ1n) is 3.25. The third-order valence-electron chi connectivity index (χ3n) is 1.42. The number of rotatable bonds is 2. The van der Waals surface area contributed by atoms with Crippen molar-refractivity contribution in [3.05, 3.63) is 40.1 Å². The van der Waals surface area contributed by atoms with Crippen LogP contribution in [0.15, 0.2) is 23.4 Å². The maximum atomic E-state index is 12.9. The molecule has 0 aliphatic heterocycles. The van der Waals surface area contributed by atoms with Gasteiger partial charge in [0.15, 0.2) is 0 Å². The first kappa shape index (κ1) is 8.34. The van der Waals surface area contributed by atoms with Gasteiger partial charge in [-0.2, -0.15) is 10.2 Å². The summed E-state index contributed by atoms with van der Waals surface area (Å²) in [6, 6.07) is 5.70. The summed E-state index contributed by atoms with van der Waals surface area (Å²) in [6.07, 6.45) is 0. The van der Waals surface area contributed by atoms with Gasteiger partial charge in [-0.3, -0.25) is 0 Å². The average Bonchev–Trinajstić information content (AvgIpc) is 2.09. The quantitative estimate of drug-likeness (QED) is 0.627. The lowest BCUT2D eigenvalue weighted by Crippen LogP contribution is -1.88. The van der Waals surface area contributed by atoms with E-state index in [1.165, 1.54) is 12.1 Å². The molecule has 0 bridgehead atoms. The molecule has 60 valence electrons. The molecule has 0 radical (unpaired) electrons. The fourth-order valence-corrected chi connectivity index (χ4v) is 0.815. The van der Waals surface area contributed by atoms with E-state index in [0.717, 1.165) is 6.07 Å².